The summed E-state index contributed by atoms with van der Waals surface area (Å²) in [5, 5.41) is 5.43. The van der Waals surface area contributed by atoms with Gasteiger partial charge in [0, 0.05) is 23.0 Å². The summed E-state index contributed by atoms with van der Waals surface area (Å²) in [7, 11) is 0. The topological polar surface area (TPSA) is 90.2 Å². The van der Waals surface area contributed by atoms with Crippen LogP contribution >= 0.6 is 23.8 Å². The molecule has 0 aliphatic rings. The Bertz CT molecular complexity index is 1180. The summed E-state index contributed by atoms with van der Waals surface area (Å²) >= 11 is 10.7. The molecule has 0 fully saturated rings. The van der Waals surface area contributed by atoms with E-state index in [1.807, 2.05) is 24.3 Å². The predicted octanol–water partition coefficient (Wildman–Crippen LogP) is 2.15. The van der Waals surface area contributed by atoms with Crippen molar-refractivity contribution in [1.29, 1.82) is 0 Å². The van der Waals surface area contributed by atoms with Crippen LogP contribution in [0.15, 0.2) is 53.7 Å². The molecule has 3 N–H and O–H groups in total. The molecule has 0 aliphatic carbocycles. The van der Waals surface area contributed by atoms with Crippen molar-refractivity contribution in [2.75, 3.05) is 5.43 Å². The number of halogens is 1. The van der Waals surface area contributed by atoms with E-state index in [-0.39, 0.29) is 10.7 Å². The zero-order valence-corrected chi connectivity index (χ0v) is 14.3. The van der Waals surface area contributed by atoms with E-state index in [9.17, 15) is 4.79 Å². The fraction of sp³-hybridized carbons (Fsp3) is 0. The maximum absolute atomic E-state index is 12.5. The van der Waals surface area contributed by atoms with Gasteiger partial charge in [0.25, 0.3) is 5.56 Å². The number of fused-ring (bicyclic) bond motifs is 3. The summed E-state index contributed by atoms with van der Waals surface area (Å²) in [6.07, 6.45) is 4.78. The van der Waals surface area contributed by atoms with Gasteiger partial charge < -0.3 is 5.73 Å². The van der Waals surface area contributed by atoms with Crippen LogP contribution in [-0.4, -0.2) is 24.4 Å². The van der Waals surface area contributed by atoms with Crippen LogP contribution in [0, 0.1) is 0 Å². The van der Waals surface area contributed by atoms with Crippen molar-refractivity contribution in [3.05, 3.63) is 64.3 Å². The average molecular weight is 371 g/mol. The number of thiocarbonyl (C=S) groups is 1. The summed E-state index contributed by atoms with van der Waals surface area (Å²) in [5.74, 6) is 0. The van der Waals surface area contributed by atoms with Gasteiger partial charge in [0.05, 0.1) is 17.1 Å². The van der Waals surface area contributed by atoms with Gasteiger partial charge in [-0.1, -0.05) is 23.7 Å². The highest BCUT2D eigenvalue weighted by atomic mass is 35.5. The standard InChI is InChI=1S/C16H11ClN6OS/c17-10-3-1-9(2-4-10)11-8-20-23-13-5-6-22(21-16(18)25)15(24)12(13)7-19-14(11)23/h1-8H,(H3,18,21,25). The largest absolute Gasteiger partial charge is 0.375 e. The summed E-state index contributed by atoms with van der Waals surface area (Å²) in [5.41, 5.74) is 10.8. The Hall–Kier alpha value is -2.97. The Balaban J connectivity index is 1.94. The first-order valence-corrected chi connectivity index (χ1v) is 8.04. The number of pyridine rings is 1. The normalized spacial score (nSPS) is 11.1. The third-order valence-electron chi connectivity index (χ3n) is 3.78. The highest BCUT2D eigenvalue weighted by Gasteiger charge is 2.13. The minimum Gasteiger partial charge on any atom is -0.375 e. The highest BCUT2D eigenvalue weighted by molar-refractivity contribution is 7.80. The van der Waals surface area contributed by atoms with E-state index in [1.54, 1.807) is 23.0 Å². The highest BCUT2D eigenvalue weighted by Crippen LogP contribution is 2.26. The van der Waals surface area contributed by atoms with Crippen LogP contribution in [0.5, 0.6) is 0 Å². The lowest BCUT2D eigenvalue weighted by atomic mass is 10.1. The summed E-state index contributed by atoms with van der Waals surface area (Å²) < 4.78 is 2.84. The molecule has 7 nitrogen and oxygen atoms in total. The number of nitrogens with two attached hydrogens (primary N) is 1. The number of nitrogens with zero attached hydrogens (tertiary/aromatic N) is 4. The first-order chi connectivity index (χ1) is 12.0. The first kappa shape index (κ1) is 15.6. The number of rotatable bonds is 2. The number of benzene rings is 1. The van der Waals surface area contributed by atoms with E-state index in [2.05, 4.69) is 15.5 Å². The van der Waals surface area contributed by atoms with Crippen molar-refractivity contribution in [1.82, 2.24) is 19.3 Å². The lowest BCUT2D eigenvalue weighted by Gasteiger charge is -2.08. The van der Waals surface area contributed by atoms with E-state index in [4.69, 9.17) is 29.6 Å². The Kier molecular flexibility index (Phi) is 3.63. The van der Waals surface area contributed by atoms with Crippen molar-refractivity contribution in [3.8, 4) is 11.1 Å². The van der Waals surface area contributed by atoms with Gasteiger partial charge in [-0.25, -0.2) is 14.2 Å². The van der Waals surface area contributed by atoms with Crippen molar-refractivity contribution in [3.63, 3.8) is 0 Å². The molecule has 0 saturated heterocycles. The van der Waals surface area contributed by atoms with E-state index in [0.29, 0.717) is 21.6 Å². The van der Waals surface area contributed by atoms with Crippen LogP contribution in [0.2, 0.25) is 5.02 Å². The molecule has 3 heterocycles. The molecule has 0 spiro atoms. The van der Waals surface area contributed by atoms with Crippen LogP contribution in [0.3, 0.4) is 0 Å². The lowest BCUT2D eigenvalue weighted by Crippen LogP contribution is -2.35. The molecule has 9 heteroatoms. The predicted molar refractivity (Wildman–Crippen MR) is 101 cm³/mol. The second kappa shape index (κ2) is 5.83. The van der Waals surface area contributed by atoms with Crippen molar-refractivity contribution in [2.24, 2.45) is 5.73 Å². The zero-order valence-electron chi connectivity index (χ0n) is 12.7. The molecule has 0 aliphatic heterocycles. The quantitative estimate of drug-likeness (QED) is 0.525. The second-order valence-corrected chi connectivity index (χ2v) is 6.20. The van der Waals surface area contributed by atoms with Gasteiger partial charge in [-0.15, -0.1) is 0 Å². The summed E-state index contributed by atoms with van der Waals surface area (Å²) in [4.78, 5) is 16.9. The van der Waals surface area contributed by atoms with Gasteiger partial charge in [0.1, 0.15) is 0 Å². The van der Waals surface area contributed by atoms with Gasteiger partial charge in [0.15, 0.2) is 10.8 Å². The first-order valence-electron chi connectivity index (χ1n) is 7.25. The fourth-order valence-electron chi connectivity index (χ4n) is 2.66. The van der Waals surface area contributed by atoms with Crippen LogP contribution in [0.4, 0.5) is 0 Å². The molecule has 1 aromatic carbocycles. The smallest absolute Gasteiger partial charge is 0.280 e. The maximum atomic E-state index is 12.5. The monoisotopic (exact) mass is 370 g/mol. The molecule has 4 aromatic rings. The Labute approximate surface area is 151 Å². The SMILES string of the molecule is NC(=S)Nn1ccc2c(cnc3c(-c4ccc(Cl)cc4)cnn32)c1=O. The van der Waals surface area contributed by atoms with Crippen LogP contribution in [0.25, 0.3) is 27.7 Å². The number of hydrogen-bond donors (Lipinski definition) is 2. The molecule has 0 bridgehead atoms. The molecule has 124 valence electrons. The molecule has 0 unspecified atom stereocenters. The van der Waals surface area contributed by atoms with E-state index < -0.39 is 0 Å². The van der Waals surface area contributed by atoms with Crippen LogP contribution in [0.1, 0.15) is 0 Å². The number of aromatic nitrogens is 4. The molecule has 3 aromatic heterocycles. The Morgan fingerprint density at radius 1 is 1.20 bits per heavy atom. The van der Waals surface area contributed by atoms with Gasteiger partial charge in [0.2, 0.25) is 0 Å². The Morgan fingerprint density at radius 3 is 2.68 bits per heavy atom. The molecule has 25 heavy (non-hydrogen) atoms. The third-order valence-corrected chi connectivity index (χ3v) is 4.12. The van der Waals surface area contributed by atoms with Crippen LogP contribution < -0.4 is 16.7 Å². The average Bonchev–Trinajstić information content (AvgIpc) is 3.02. The zero-order chi connectivity index (χ0) is 17.6. The summed E-state index contributed by atoms with van der Waals surface area (Å²) in [6.45, 7) is 0. The minimum absolute atomic E-state index is 0.000369. The molecule has 4 rings (SSSR count). The van der Waals surface area contributed by atoms with Crippen molar-refractivity contribution < 1.29 is 0 Å². The fourth-order valence-corrected chi connectivity index (χ4v) is 2.88. The molecule has 0 saturated carbocycles. The van der Waals surface area contributed by atoms with E-state index in [0.717, 1.165) is 11.1 Å². The lowest BCUT2D eigenvalue weighted by molar-refractivity contribution is 0.914. The third kappa shape index (κ3) is 2.61. The molecular weight excluding hydrogens is 360 g/mol. The van der Waals surface area contributed by atoms with E-state index in [1.165, 1.54) is 10.9 Å². The second-order valence-electron chi connectivity index (χ2n) is 5.32. The van der Waals surface area contributed by atoms with E-state index >= 15 is 0 Å². The van der Waals surface area contributed by atoms with Gasteiger partial charge >= 0.3 is 0 Å². The number of nitrogens with one attached hydrogen (secondary N) is 1. The van der Waals surface area contributed by atoms with Crippen molar-refractivity contribution in [2.45, 2.75) is 0 Å². The summed E-state index contributed by atoms with van der Waals surface area (Å²) in [6, 6.07) is 9.16. The maximum Gasteiger partial charge on any atom is 0.280 e. The molecule has 0 atom stereocenters. The van der Waals surface area contributed by atoms with Gasteiger partial charge in [-0.05, 0) is 36.0 Å². The van der Waals surface area contributed by atoms with Gasteiger partial charge in [-0.2, -0.15) is 5.10 Å². The minimum atomic E-state index is -0.316. The number of hydrogen-bond acceptors (Lipinski definition) is 4. The molecule has 0 radical (unpaired) electrons. The van der Waals surface area contributed by atoms with Crippen molar-refractivity contribution >= 4 is 45.5 Å². The Morgan fingerprint density at radius 2 is 1.96 bits per heavy atom. The van der Waals surface area contributed by atoms with Gasteiger partial charge in [-0.3, -0.25) is 10.2 Å². The molecular formula is C16H11ClN6OS. The molecule has 0 amide bonds. The van der Waals surface area contributed by atoms with Crippen LogP contribution in [-0.2, 0) is 0 Å².